The quantitative estimate of drug-likeness (QED) is 0.256. The highest BCUT2D eigenvalue weighted by Crippen LogP contribution is 2.37. The third-order valence-electron chi connectivity index (χ3n) is 6.92. The largest absolute Gasteiger partial charge is 0.477 e. The van der Waals surface area contributed by atoms with E-state index in [4.69, 9.17) is 0 Å². The molecule has 7 rings (SSSR count). The zero-order valence-corrected chi connectivity index (χ0v) is 21.7. The van der Waals surface area contributed by atoms with Gasteiger partial charge in [0.25, 0.3) is 5.91 Å². The van der Waals surface area contributed by atoms with Gasteiger partial charge in [-0.1, -0.05) is 11.3 Å². The first-order valence-electron chi connectivity index (χ1n) is 12.3. The summed E-state index contributed by atoms with van der Waals surface area (Å²) in [5, 5.41) is 21.1. The van der Waals surface area contributed by atoms with Gasteiger partial charge in [0.05, 0.1) is 22.1 Å². The number of aromatic nitrogens is 3. The summed E-state index contributed by atoms with van der Waals surface area (Å²) in [4.78, 5) is 40.8. The highest BCUT2D eigenvalue weighted by molar-refractivity contribution is 7.20. The van der Waals surface area contributed by atoms with E-state index < -0.39 is 5.97 Å². The number of anilines is 2. The normalized spacial score (nSPS) is 15.4. The molecule has 0 aliphatic carbocycles. The number of carbonyl (C=O) groups is 2. The maximum absolute atomic E-state index is 13.5. The molecule has 3 aromatic heterocycles. The number of hydrogen-bond donors (Lipinski definition) is 2. The Hall–Kier alpha value is -4.16. The second-order valence-electron chi connectivity index (χ2n) is 9.27. The molecule has 12 heteroatoms. The predicted molar refractivity (Wildman–Crippen MR) is 148 cm³/mol. The van der Waals surface area contributed by atoms with Gasteiger partial charge < -0.3 is 19.9 Å². The lowest BCUT2D eigenvalue weighted by atomic mass is 10.1. The van der Waals surface area contributed by atoms with Crippen LogP contribution in [-0.2, 0) is 6.42 Å². The van der Waals surface area contributed by atoms with Crippen molar-refractivity contribution in [3.05, 3.63) is 58.9 Å². The highest BCUT2D eigenvalue weighted by Gasteiger charge is 2.29. The maximum Gasteiger partial charge on any atom is 0.352 e. The average Bonchev–Trinajstić information content (AvgIpc) is 3.74. The van der Waals surface area contributed by atoms with E-state index in [1.807, 2.05) is 30.3 Å². The average molecular weight is 544 g/mol. The molecule has 2 aliphatic heterocycles. The molecule has 5 heterocycles. The van der Waals surface area contributed by atoms with E-state index in [1.54, 1.807) is 17.2 Å². The molecule has 0 spiro atoms. The van der Waals surface area contributed by atoms with Crippen molar-refractivity contribution in [3.63, 3.8) is 0 Å². The molecule has 1 fully saturated rings. The van der Waals surface area contributed by atoms with Crippen LogP contribution in [0.25, 0.3) is 21.1 Å². The number of carboxylic acids is 1. The highest BCUT2D eigenvalue weighted by atomic mass is 32.1. The molecular formula is C26H21N7O3S2. The molecule has 0 saturated carbocycles. The van der Waals surface area contributed by atoms with Gasteiger partial charge in [0.1, 0.15) is 5.69 Å². The predicted octanol–water partition coefficient (Wildman–Crippen LogP) is 6.15. The second-order valence-corrected chi connectivity index (χ2v) is 11.3. The fourth-order valence-electron chi connectivity index (χ4n) is 5.09. The number of thiazole rings is 2. The minimum atomic E-state index is -1.01. The van der Waals surface area contributed by atoms with Crippen LogP contribution >= 0.6 is 22.7 Å². The number of hydrogen-bond acceptors (Lipinski definition) is 9. The standard InChI is InChI=1S/C26H21N7O3S2/c34-24(33-10-7-15-16-12-19(25(35)36)28-17(16)5-6-20(15)33)23-29-18-4-3-14(11-21(18)37-23)30-31-22-13-27-26(38-22)32-8-1-2-9-32/h3-6,11-13,28H,1-2,7-10H2,(H,35,36)/b31-30+. The van der Waals surface area contributed by atoms with E-state index >= 15 is 0 Å². The Morgan fingerprint density at radius 1 is 1.03 bits per heavy atom. The van der Waals surface area contributed by atoms with E-state index in [9.17, 15) is 14.7 Å². The van der Waals surface area contributed by atoms with Crippen molar-refractivity contribution in [1.82, 2.24) is 15.0 Å². The van der Waals surface area contributed by atoms with Crippen LogP contribution in [0.3, 0.4) is 0 Å². The lowest BCUT2D eigenvalue weighted by molar-refractivity contribution is 0.0691. The first-order valence-corrected chi connectivity index (χ1v) is 13.9. The van der Waals surface area contributed by atoms with Crippen molar-refractivity contribution in [2.24, 2.45) is 10.2 Å². The van der Waals surface area contributed by atoms with Crippen molar-refractivity contribution in [2.45, 2.75) is 19.3 Å². The van der Waals surface area contributed by atoms with Crippen molar-refractivity contribution >= 4 is 77.2 Å². The molecule has 38 heavy (non-hydrogen) atoms. The van der Waals surface area contributed by atoms with Gasteiger partial charge in [0, 0.05) is 36.2 Å². The van der Waals surface area contributed by atoms with Gasteiger partial charge in [-0.15, -0.1) is 21.6 Å². The summed E-state index contributed by atoms with van der Waals surface area (Å²) >= 11 is 2.87. The lowest BCUT2D eigenvalue weighted by Gasteiger charge is -2.15. The fraction of sp³-hybridized carbons (Fsp3) is 0.231. The minimum Gasteiger partial charge on any atom is -0.477 e. The SMILES string of the molecule is O=C(O)c1cc2c3c(ccc2[nH]1)N(C(=O)c1nc2ccc(/N=N/c4cnc(N5CCCC5)s4)cc2s1)CC3. The van der Waals surface area contributed by atoms with Crippen LogP contribution in [0.2, 0.25) is 0 Å². The molecule has 0 atom stereocenters. The van der Waals surface area contributed by atoms with E-state index in [-0.39, 0.29) is 11.6 Å². The molecule has 0 unspecified atom stereocenters. The first kappa shape index (κ1) is 23.0. The Labute approximate surface area is 224 Å². The van der Waals surface area contributed by atoms with E-state index in [1.165, 1.54) is 35.5 Å². The summed E-state index contributed by atoms with van der Waals surface area (Å²) in [5.74, 6) is -1.17. The summed E-state index contributed by atoms with van der Waals surface area (Å²) in [7, 11) is 0. The smallest absolute Gasteiger partial charge is 0.352 e. The third kappa shape index (κ3) is 3.92. The van der Waals surface area contributed by atoms with Crippen LogP contribution in [0.5, 0.6) is 0 Å². The number of amides is 1. The summed E-state index contributed by atoms with van der Waals surface area (Å²) in [5.41, 5.74) is 4.08. The van der Waals surface area contributed by atoms with Crippen molar-refractivity contribution < 1.29 is 14.7 Å². The van der Waals surface area contributed by atoms with Crippen LogP contribution in [0.15, 0.2) is 52.8 Å². The second kappa shape index (κ2) is 8.99. The number of aromatic amines is 1. The molecule has 2 aliphatic rings. The molecule has 190 valence electrons. The molecule has 0 radical (unpaired) electrons. The van der Waals surface area contributed by atoms with E-state index in [2.05, 4.69) is 30.1 Å². The lowest BCUT2D eigenvalue weighted by Crippen LogP contribution is -2.28. The first-order chi connectivity index (χ1) is 18.5. The molecule has 10 nitrogen and oxygen atoms in total. The van der Waals surface area contributed by atoms with Crippen molar-refractivity contribution in [2.75, 3.05) is 29.4 Å². The van der Waals surface area contributed by atoms with Gasteiger partial charge in [-0.3, -0.25) is 4.79 Å². The van der Waals surface area contributed by atoms with E-state index in [0.29, 0.717) is 23.7 Å². The van der Waals surface area contributed by atoms with Gasteiger partial charge in [-0.05, 0) is 61.2 Å². The number of azo groups is 1. The summed E-state index contributed by atoms with van der Waals surface area (Å²) < 4.78 is 0.860. The Kier molecular flexibility index (Phi) is 5.44. The Morgan fingerprint density at radius 3 is 2.74 bits per heavy atom. The number of aromatic carboxylic acids is 1. The van der Waals surface area contributed by atoms with Crippen molar-refractivity contribution in [1.29, 1.82) is 0 Å². The van der Waals surface area contributed by atoms with Gasteiger partial charge in [0.2, 0.25) is 0 Å². The maximum atomic E-state index is 13.5. The van der Waals surface area contributed by atoms with Crippen LogP contribution in [0.1, 0.15) is 38.7 Å². The zero-order valence-electron chi connectivity index (χ0n) is 20.0. The third-order valence-corrected chi connectivity index (χ3v) is 8.87. The molecule has 1 saturated heterocycles. The molecule has 1 amide bonds. The number of nitrogens with zero attached hydrogens (tertiary/aromatic N) is 6. The monoisotopic (exact) mass is 543 g/mol. The minimum absolute atomic E-state index is 0.139. The number of benzene rings is 2. The number of carbonyl (C=O) groups excluding carboxylic acids is 1. The topological polar surface area (TPSA) is 127 Å². The number of rotatable bonds is 5. The zero-order chi connectivity index (χ0) is 25.8. The van der Waals surface area contributed by atoms with Gasteiger partial charge in [0.15, 0.2) is 15.1 Å². The number of carboxylic acid groups (broad SMARTS) is 1. The van der Waals surface area contributed by atoms with Crippen LogP contribution < -0.4 is 9.80 Å². The van der Waals surface area contributed by atoms with Crippen molar-refractivity contribution in [3.8, 4) is 0 Å². The molecule has 5 aromatic rings. The molecule has 2 N–H and O–H groups in total. The van der Waals surface area contributed by atoms with E-state index in [0.717, 1.165) is 55.6 Å². The molecular weight excluding hydrogens is 522 g/mol. The Balaban J connectivity index is 1.12. The van der Waals surface area contributed by atoms with Crippen LogP contribution in [0.4, 0.5) is 21.5 Å². The number of H-pyrrole nitrogens is 1. The number of fused-ring (bicyclic) bond motifs is 4. The van der Waals surface area contributed by atoms with Crippen LogP contribution in [-0.4, -0.2) is 51.6 Å². The van der Waals surface area contributed by atoms with Gasteiger partial charge >= 0.3 is 5.97 Å². The Morgan fingerprint density at radius 2 is 1.89 bits per heavy atom. The van der Waals surface area contributed by atoms with Gasteiger partial charge in [-0.25, -0.2) is 14.8 Å². The number of nitrogens with one attached hydrogen (secondary N) is 1. The van der Waals surface area contributed by atoms with Gasteiger partial charge in [-0.2, -0.15) is 0 Å². The fourth-order valence-corrected chi connectivity index (χ4v) is 6.82. The molecule has 0 bridgehead atoms. The molecule has 2 aromatic carbocycles. The summed E-state index contributed by atoms with van der Waals surface area (Å²) in [6.07, 6.45) is 4.80. The summed E-state index contributed by atoms with van der Waals surface area (Å²) in [6, 6.07) is 10.9. The summed E-state index contributed by atoms with van der Waals surface area (Å²) in [6.45, 7) is 2.60. The Bertz CT molecular complexity index is 1760. The van der Waals surface area contributed by atoms with Crippen LogP contribution in [0, 0.1) is 0 Å².